The molecule has 0 spiro atoms. The van der Waals surface area contributed by atoms with Crippen molar-refractivity contribution in [2.45, 2.75) is 19.3 Å². The monoisotopic (exact) mass is 256 g/mol. The lowest BCUT2D eigenvalue weighted by molar-refractivity contribution is 1.08. The maximum Gasteiger partial charge on any atom is -0.00597 e. The Kier molecular flexibility index (Phi) is 15.2. The lowest BCUT2D eigenvalue weighted by atomic mass is 10.6. The fraction of sp³-hybridized carbons (Fsp3) is 1.00. The van der Waals surface area contributed by atoms with E-state index in [-0.39, 0.29) is 0 Å². The minimum absolute atomic E-state index is 1.26. The summed E-state index contributed by atoms with van der Waals surface area (Å²) in [5.74, 6) is 5.41. The zero-order valence-electron chi connectivity index (χ0n) is 8.34. The summed E-state index contributed by atoms with van der Waals surface area (Å²) >= 11 is 4.22. The van der Waals surface area contributed by atoms with Gasteiger partial charge >= 0.3 is 0 Å². The zero-order valence-corrected chi connectivity index (χ0v) is 12.3. The number of hydrogen-bond acceptors (Lipinski definition) is 2. The van der Waals surface area contributed by atoms with Crippen LogP contribution >= 0.6 is 42.0 Å². The van der Waals surface area contributed by atoms with E-state index in [4.69, 9.17) is 0 Å². The lowest BCUT2D eigenvalue weighted by Crippen LogP contribution is -1.89. The highest BCUT2D eigenvalue weighted by atomic mass is 32.2. The lowest BCUT2D eigenvalue weighted by Gasteiger charge is -2.00. The van der Waals surface area contributed by atoms with Gasteiger partial charge in [-0.05, 0) is 54.6 Å². The van der Waals surface area contributed by atoms with Crippen LogP contribution in [-0.2, 0) is 0 Å². The quantitative estimate of drug-likeness (QED) is 0.434. The first kappa shape index (κ1) is 14.6. The predicted octanol–water partition coefficient (Wildman–Crippen LogP) is 3.37. The van der Waals surface area contributed by atoms with Crippen molar-refractivity contribution in [3.05, 3.63) is 0 Å². The van der Waals surface area contributed by atoms with E-state index in [1.54, 1.807) is 0 Å². The SMILES string of the molecule is PCCCSCCCSCCCP. The molecule has 4 heteroatoms. The summed E-state index contributed by atoms with van der Waals surface area (Å²) in [4.78, 5) is 0. The minimum Gasteiger partial charge on any atom is -0.162 e. The minimum atomic E-state index is 1.26. The van der Waals surface area contributed by atoms with Gasteiger partial charge in [0.1, 0.15) is 0 Å². The molecule has 0 amide bonds. The molecule has 0 aliphatic heterocycles. The standard InChI is InChI=1S/C9H22P2S2/c10-4-1-6-12-8-3-9-13-7-2-5-11/h1-11H2. The molecule has 0 nitrogen and oxygen atoms in total. The molecule has 0 aromatic carbocycles. The van der Waals surface area contributed by atoms with Gasteiger partial charge in [0.05, 0.1) is 0 Å². The second kappa shape index (κ2) is 13.6. The average molecular weight is 256 g/mol. The van der Waals surface area contributed by atoms with Crippen molar-refractivity contribution in [1.29, 1.82) is 0 Å². The summed E-state index contributed by atoms with van der Waals surface area (Å²) < 4.78 is 0. The molecule has 0 aromatic heterocycles. The van der Waals surface area contributed by atoms with Crippen molar-refractivity contribution in [3.8, 4) is 0 Å². The van der Waals surface area contributed by atoms with Gasteiger partial charge in [-0.2, -0.15) is 23.5 Å². The van der Waals surface area contributed by atoms with Gasteiger partial charge < -0.3 is 0 Å². The first-order chi connectivity index (χ1) is 6.41. The number of hydrogen-bond donors (Lipinski definition) is 0. The third-order valence-electron chi connectivity index (χ3n) is 1.56. The Morgan fingerprint density at radius 2 is 1.00 bits per heavy atom. The molecule has 0 aliphatic carbocycles. The molecule has 13 heavy (non-hydrogen) atoms. The number of rotatable bonds is 10. The molecule has 0 aliphatic rings. The van der Waals surface area contributed by atoms with Gasteiger partial charge in [0.25, 0.3) is 0 Å². The topological polar surface area (TPSA) is 0 Å². The molecule has 0 saturated carbocycles. The maximum absolute atomic E-state index is 2.79. The Morgan fingerprint density at radius 1 is 0.615 bits per heavy atom. The highest BCUT2D eigenvalue weighted by Gasteiger charge is 1.91. The van der Waals surface area contributed by atoms with Gasteiger partial charge in [-0.15, -0.1) is 18.5 Å². The second-order valence-corrected chi connectivity index (χ2v) is 6.47. The van der Waals surface area contributed by atoms with Crippen LogP contribution in [0.15, 0.2) is 0 Å². The van der Waals surface area contributed by atoms with Crippen molar-refractivity contribution in [3.63, 3.8) is 0 Å². The molecule has 0 bridgehead atoms. The van der Waals surface area contributed by atoms with Gasteiger partial charge in [-0.1, -0.05) is 0 Å². The molecule has 0 fully saturated rings. The molecule has 2 atom stereocenters. The highest BCUT2D eigenvalue weighted by Crippen LogP contribution is 2.10. The highest BCUT2D eigenvalue weighted by molar-refractivity contribution is 8.00. The third kappa shape index (κ3) is 13.6. The van der Waals surface area contributed by atoms with E-state index in [0.717, 1.165) is 0 Å². The van der Waals surface area contributed by atoms with E-state index in [2.05, 4.69) is 42.0 Å². The molecule has 0 rings (SSSR count). The van der Waals surface area contributed by atoms with Crippen LogP contribution in [0.25, 0.3) is 0 Å². The summed E-state index contributed by atoms with van der Waals surface area (Å²) in [6, 6.07) is 0. The van der Waals surface area contributed by atoms with Gasteiger partial charge in [0.15, 0.2) is 0 Å². The third-order valence-corrected chi connectivity index (χ3v) is 4.69. The van der Waals surface area contributed by atoms with Crippen LogP contribution in [0.5, 0.6) is 0 Å². The summed E-state index contributed by atoms with van der Waals surface area (Å²) in [5.41, 5.74) is 0. The van der Waals surface area contributed by atoms with Gasteiger partial charge in [0.2, 0.25) is 0 Å². The molecule has 2 unspecified atom stereocenters. The largest absolute Gasteiger partial charge is 0.162 e. The molecule has 0 aromatic rings. The smallest absolute Gasteiger partial charge is 0.00597 e. The molecular formula is C9H22P2S2. The fourth-order valence-corrected chi connectivity index (χ4v) is 3.87. The predicted molar refractivity (Wildman–Crippen MR) is 77.7 cm³/mol. The summed E-state index contributed by atoms with van der Waals surface area (Å²) in [6.07, 6.45) is 6.62. The van der Waals surface area contributed by atoms with Gasteiger partial charge in [-0.25, -0.2) is 0 Å². The average Bonchev–Trinajstić information content (AvgIpc) is 2.16. The van der Waals surface area contributed by atoms with Crippen LogP contribution in [0.1, 0.15) is 19.3 Å². The Morgan fingerprint density at radius 3 is 1.38 bits per heavy atom. The number of thioether (sulfide) groups is 2. The van der Waals surface area contributed by atoms with Crippen molar-refractivity contribution < 1.29 is 0 Å². The fourth-order valence-electron chi connectivity index (χ4n) is 0.838. The van der Waals surface area contributed by atoms with E-state index in [1.165, 1.54) is 54.6 Å². The Balaban J connectivity index is 2.76. The zero-order chi connectivity index (χ0) is 9.78. The molecular weight excluding hydrogens is 234 g/mol. The van der Waals surface area contributed by atoms with E-state index in [0.29, 0.717) is 0 Å². The van der Waals surface area contributed by atoms with Crippen LogP contribution in [0, 0.1) is 0 Å². The Labute approximate surface area is 96.6 Å². The molecule has 0 radical (unpaired) electrons. The van der Waals surface area contributed by atoms with Crippen molar-refractivity contribution >= 4 is 42.0 Å². The van der Waals surface area contributed by atoms with Crippen molar-refractivity contribution in [1.82, 2.24) is 0 Å². The molecule has 0 heterocycles. The van der Waals surface area contributed by atoms with Gasteiger partial charge in [0, 0.05) is 0 Å². The Bertz CT molecular complexity index is 81.7. The summed E-state index contributed by atoms with van der Waals surface area (Å²) in [5, 5.41) is 0. The Hall–Kier alpha value is 1.56. The van der Waals surface area contributed by atoms with Crippen molar-refractivity contribution in [2.24, 2.45) is 0 Å². The van der Waals surface area contributed by atoms with Crippen LogP contribution in [-0.4, -0.2) is 35.3 Å². The van der Waals surface area contributed by atoms with Crippen LogP contribution in [0.3, 0.4) is 0 Å². The van der Waals surface area contributed by atoms with Crippen LogP contribution in [0.4, 0.5) is 0 Å². The second-order valence-electron chi connectivity index (χ2n) is 2.86. The molecule has 80 valence electrons. The summed E-state index contributed by atoms with van der Waals surface area (Å²) in [6.45, 7) is 0. The summed E-state index contributed by atoms with van der Waals surface area (Å²) in [7, 11) is 5.57. The molecule has 0 saturated heterocycles. The van der Waals surface area contributed by atoms with E-state index >= 15 is 0 Å². The van der Waals surface area contributed by atoms with Crippen molar-refractivity contribution in [2.75, 3.05) is 35.3 Å². The first-order valence-corrected chi connectivity index (χ1v) is 8.91. The molecule has 0 N–H and O–H groups in total. The van der Waals surface area contributed by atoms with E-state index < -0.39 is 0 Å². The van der Waals surface area contributed by atoms with E-state index in [1.807, 2.05) is 0 Å². The van der Waals surface area contributed by atoms with Crippen LogP contribution < -0.4 is 0 Å². The van der Waals surface area contributed by atoms with Crippen LogP contribution in [0.2, 0.25) is 0 Å². The van der Waals surface area contributed by atoms with Gasteiger partial charge in [-0.3, -0.25) is 0 Å². The first-order valence-electron chi connectivity index (χ1n) is 4.97. The maximum atomic E-state index is 2.79. The normalized spacial score (nSPS) is 10.6. The van der Waals surface area contributed by atoms with E-state index in [9.17, 15) is 0 Å².